The van der Waals surface area contributed by atoms with Crippen LogP contribution in [0.2, 0.25) is 20.1 Å². The van der Waals surface area contributed by atoms with Crippen LogP contribution in [0.15, 0.2) is 66.7 Å². The highest BCUT2D eigenvalue weighted by molar-refractivity contribution is 7.99. The second-order valence-electron chi connectivity index (χ2n) is 8.76. The fourth-order valence-corrected chi connectivity index (χ4v) is 6.07. The number of thioether (sulfide) groups is 1. The van der Waals surface area contributed by atoms with Crippen molar-refractivity contribution < 1.29 is 9.59 Å². The maximum absolute atomic E-state index is 13.8. The first-order chi connectivity index (χ1) is 18.3. The lowest BCUT2D eigenvalue weighted by Crippen LogP contribution is -2.51. The molecule has 0 aliphatic rings. The molecule has 202 valence electrons. The van der Waals surface area contributed by atoms with Gasteiger partial charge >= 0.3 is 0 Å². The monoisotopic (exact) mass is 610 g/mol. The standard InChI is InChI=1S/C29H30Cl4N2O2S/c1-2-3-15-34-29(37)27(16-20-9-5-4-6-10-20)35(17-21-23(30)11-7-12-24(21)31)28(36)19-38-18-22-25(32)13-8-14-26(22)33/h4-14,27H,2-3,15-19H2,1H3,(H,34,37). The van der Waals surface area contributed by atoms with Gasteiger partial charge in [0.15, 0.2) is 0 Å². The Morgan fingerprint density at radius 1 is 0.842 bits per heavy atom. The number of hydrogen-bond donors (Lipinski definition) is 1. The van der Waals surface area contributed by atoms with E-state index in [-0.39, 0.29) is 24.1 Å². The molecule has 1 N–H and O–H groups in total. The van der Waals surface area contributed by atoms with Gasteiger partial charge in [0.1, 0.15) is 6.04 Å². The van der Waals surface area contributed by atoms with E-state index >= 15 is 0 Å². The second kappa shape index (κ2) is 15.6. The van der Waals surface area contributed by atoms with Crippen LogP contribution in [0.4, 0.5) is 0 Å². The quantitative estimate of drug-likeness (QED) is 0.199. The van der Waals surface area contributed by atoms with E-state index in [1.807, 2.05) is 30.3 Å². The van der Waals surface area contributed by atoms with Gasteiger partial charge in [-0.2, -0.15) is 0 Å². The molecule has 9 heteroatoms. The fraction of sp³-hybridized carbons (Fsp3) is 0.310. The van der Waals surface area contributed by atoms with Crippen molar-refractivity contribution in [2.45, 2.75) is 44.5 Å². The summed E-state index contributed by atoms with van der Waals surface area (Å²) in [6, 6.07) is 19.4. The number of carbonyl (C=O) groups is 2. The average Bonchev–Trinajstić information content (AvgIpc) is 2.90. The van der Waals surface area contributed by atoms with E-state index in [9.17, 15) is 9.59 Å². The lowest BCUT2D eigenvalue weighted by atomic mass is 10.0. The molecule has 0 radical (unpaired) electrons. The Morgan fingerprint density at radius 2 is 1.42 bits per heavy atom. The first-order valence-corrected chi connectivity index (χ1v) is 15.0. The van der Waals surface area contributed by atoms with Crippen molar-refractivity contribution in [3.63, 3.8) is 0 Å². The van der Waals surface area contributed by atoms with Gasteiger partial charge in [0.25, 0.3) is 0 Å². The van der Waals surface area contributed by atoms with Gasteiger partial charge in [-0.1, -0.05) is 102 Å². The highest BCUT2D eigenvalue weighted by atomic mass is 35.5. The Hall–Kier alpha value is -1.89. The van der Waals surface area contributed by atoms with Crippen LogP contribution in [0.3, 0.4) is 0 Å². The lowest BCUT2D eigenvalue weighted by molar-refractivity contribution is -0.139. The summed E-state index contributed by atoms with van der Waals surface area (Å²) >= 11 is 27.0. The van der Waals surface area contributed by atoms with Gasteiger partial charge in [0.2, 0.25) is 11.8 Å². The minimum atomic E-state index is -0.751. The van der Waals surface area contributed by atoms with Gasteiger partial charge < -0.3 is 10.2 Å². The molecule has 0 heterocycles. The number of nitrogens with one attached hydrogen (secondary N) is 1. The minimum Gasteiger partial charge on any atom is -0.354 e. The van der Waals surface area contributed by atoms with Gasteiger partial charge in [0, 0.05) is 50.9 Å². The average molecular weight is 612 g/mol. The first-order valence-electron chi connectivity index (χ1n) is 12.4. The number of unbranched alkanes of at least 4 members (excludes halogenated alkanes) is 1. The summed E-state index contributed by atoms with van der Waals surface area (Å²) in [6.07, 6.45) is 2.15. The minimum absolute atomic E-state index is 0.101. The molecule has 38 heavy (non-hydrogen) atoms. The molecule has 0 spiro atoms. The van der Waals surface area contributed by atoms with Gasteiger partial charge in [-0.05, 0) is 41.8 Å². The van der Waals surface area contributed by atoms with Crippen molar-refractivity contribution in [3.8, 4) is 0 Å². The Kier molecular flexibility index (Phi) is 12.6. The lowest BCUT2D eigenvalue weighted by Gasteiger charge is -2.32. The maximum atomic E-state index is 13.8. The number of hydrogen-bond acceptors (Lipinski definition) is 3. The Balaban J connectivity index is 1.90. The predicted octanol–water partition coefficient (Wildman–Crippen LogP) is 8.09. The van der Waals surface area contributed by atoms with Crippen LogP contribution in [0, 0.1) is 0 Å². The predicted molar refractivity (Wildman–Crippen MR) is 161 cm³/mol. The van der Waals surface area contributed by atoms with Crippen molar-refractivity contribution in [3.05, 3.63) is 104 Å². The number of halogens is 4. The van der Waals surface area contributed by atoms with E-state index in [0.29, 0.717) is 44.4 Å². The molecule has 0 fully saturated rings. The molecule has 0 aliphatic carbocycles. The largest absolute Gasteiger partial charge is 0.354 e. The normalized spacial score (nSPS) is 11.7. The summed E-state index contributed by atoms with van der Waals surface area (Å²) in [7, 11) is 0. The number of benzene rings is 3. The van der Waals surface area contributed by atoms with E-state index in [2.05, 4.69) is 12.2 Å². The van der Waals surface area contributed by atoms with Crippen LogP contribution in [0.25, 0.3) is 0 Å². The van der Waals surface area contributed by atoms with Crippen LogP contribution in [0.5, 0.6) is 0 Å². The summed E-state index contributed by atoms with van der Waals surface area (Å²) in [5.41, 5.74) is 2.32. The number of nitrogens with zero attached hydrogens (tertiary/aromatic N) is 1. The zero-order valence-electron chi connectivity index (χ0n) is 21.1. The zero-order valence-corrected chi connectivity index (χ0v) is 24.9. The third kappa shape index (κ3) is 8.82. The van der Waals surface area contributed by atoms with E-state index in [4.69, 9.17) is 46.4 Å². The summed E-state index contributed by atoms with van der Waals surface area (Å²) in [5, 5.41) is 4.99. The number of carbonyl (C=O) groups excluding carboxylic acids is 2. The maximum Gasteiger partial charge on any atom is 0.243 e. The van der Waals surface area contributed by atoms with Gasteiger partial charge in [-0.25, -0.2) is 0 Å². The third-order valence-corrected chi connectivity index (χ3v) is 8.38. The van der Waals surface area contributed by atoms with Crippen LogP contribution in [-0.4, -0.2) is 35.1 Å². The van der Waals surface area contributed by atoms with Crippen LogP contribution in [0.1, 0.15) is 36.5 Å². The fourth-order valence-electron chi connectivity index (χ4n) is 3.91. The molecule has 0 aliphatic heterocycles. The molecule has 1 unspecified atom stereocenters. The van der Waals surface area contributed by atoms with Crippen molar-refractivity contribution in [2.75, 3.05) is 12.3 Å². The summed E-state index contributed by atoms with van der Waals surface area (Å²) in [5.74, 6) is 0.160. The van der Waals surface area contributed by atoms with E-state index in [1.54, 1.807) is 41.3 Å². The van der Waals surface area contributed by atoms with Crippen molar-refractivity contribution in [1.82, 2.24) is 10.2 Å². The third-order valence-electron chi connectivity index (χ3n) is 6.02. The molecule has 0 aromatic heterocycles. The van der Waals surface area contributed by atoms with Crippen LogP contribution < -0.4 is 5.32 Å². The molecular formula is C29H30Cl4N2O2S. The topological polar surface area (TPSA) is 49.4 Å². The van der Waals surface area contributed by atoms with E-state index in [1.165, 1.54) is 11.8 Å². The molecular weight excluding hydrogens is 582 g/mol. The summed E-state index contributed by atoms with van der Waals surface area (Å²) < 4.78 is 0. The van der Waals surface area contributed by atoms with Gasteiger partial charge in [0.05, 0.1) is 5.75 Å². The Morgan fingerprint density at radius 3 is 2.00 bits per heavy atom. The van der Waals surface area contributed by atoms with Crippen molar-refractivity contribution in [2.24, 2.45) is 0 Å². The Bertz CT molecular complexity index is 1190. The van der Waals surface area contributed by atoms with Gasteiger partial charge in [-0.15, -0.1) is 11.8 Å². The Labute approximate surface area is 249 Å². The van der Waals surface area contributed by atoms with E-state index in [0.717, 1.165) is 24.0 Å². The van der Waals surface area contributed by atoms with E-state index < -0.39 is 6.04 Å². The van der Waals surface area contributed by atoms with Crippen molar-refractivity contribution in [1.29, 1.82) is 0 Å². The summed E-state index contributed by atoms with van der Waals surface area (Å²) in [6.45, 7) is 2.70. The molecule has 4 nitrogen and oxygen atoms in total. The number of amides is 2. The highest BCUT2D eigenvalue weighted by Crippen LogP contribution is 2.30. The smallest absolute Gasteiger partial charge is 0.243 e. The molecule has 1 atom stereocenters. The molecule has 0 saturated carbocycles. The highest BCUT2D eigenvalue weighted by Gasteiger charge is 2.31. The second-order valence-corrected chi connectivity index (χ2v) is 11.4. The molecule has 0 bridgehead atoms. The SMILES string of the molecule is CCCCNC(=O)C(Cc1ccccc1)N(Cc1c(Cl)cccc1Cl)C(=O)CSCc1c(Cl)cccc1Cl. The first kappa shape index (κ1) is 30.6. The van der Waals surface area contributed by atoms with Crippen LogP contribution >= 0.6 is 58.2 Å². The molecule has 3 aromatic rings. The number of rotatable bonds is 13. The van der Waals surface area contributed by atoms with Crippen LogP contribution in [-0.2, 0) is 28.3 Å². The molecule has 3 aromatic carbocycles. The molecule has 2 amide bonds. The molecule has 3 rings (SSSR count). The summed E-state index contributed by atoms with van der Waals surface area (Å²) in [4.78, 5) is 28.9. The van der Waals surface area contributed by atoms with Crippen molar-refractivity contribution >= 4 is 70.0 Å². The zero-order chi connectivity index (χ0) is 27.5. The van der Waals surface area contributed by atoms with Gasteiger partial charge in [-0.3, -0.25) is 9.59 Å². The molecule has 0 saturated heterocycles.